The fourth-order valence-corrected chi connectivity index (χ4v) is 1.30. The highest BCUT2D eigenvalue weighted by molar-refractivity contribution is 4.93. The third-order valence-corrected chi connectivity index (χ3v) is 1.83. The maximum atomic E-state index is 3.93. The number of nitrogens with one attached hydrogen (secondary N) is 2. The van der Waals surface area contributed by atoms with E-state index >= 15 is 0 Å². The Labute approximate surface area is 59.1 Å². The van der Waals surface area contributed by atoms with Crippen LogP contribution in [0.25, 0.3) is 0 Å². The van der Waals surface area contributed by atoms with Crippen molar-refractivity contribution in [1.82, 2.24) is 20.5 Å². The zero-order valence-corrected chi connectivity index (χ0v) is 5.67. The molecule has 0 aromatic carbocycles. The van der Waals surface area contributed by atoms with E-state index in [9.17, 15) is 0 Å². The van der Waals surface area contributed by atoms with E-state index in [4.69, 9.17) is 0 Å². The summed E-state index contributed by atoms with van der Waals surface area (Å²) in [5.74, 6) is 0.970. The van der Waals surface area contributed by atoms with E-state index in [-0.39, 0.29) is 0 Å². The van der Waals surface area contributed by atoms with E-state index in [1.807, 2.05) is 0 Å². The van der Waals surface area contributed by atoms with E-state index in [1.54, 1.807) is 6.33 Å². The number of H-pyrrole nitrogens is 1. The first kappa shape index (κ1) is 5.85. The maximum absolute atomic E-state index is 3.93. The van der Waals surface area contributed by atoms with Crippen LogP contribution in [0.4, 0.5) is 0 Å². The lowest BCUT2D eigenvalue weighted by atomic mass is 10.2. The second kappa shape index (κ2) is 2.38. The van der Waals surface area contributed by atoms with E-state index in [1.165, 1.54) is 12.8 Å². The second-order valence-electron chi connectivity index (χ2n) is 2.52. The average Bonchev–Trinajstić information content (AvgIpc) is 2.59. The number of aromatic amines is 1. The predicted octanol–water partition coefficient (Wildman–Crippen LogP) is 0.229. The van der Waals surface area contributed by atoms with Crippen LogP contribution < -0.4 is 5.32 Å². The predicted molar refractivity (Wildman–Crippen MR) is 36.4 cm³/mol. The number of nitrogens with zero attached hydrogens (tertiary/aromatic N) is 2. The Morgan fingerprint density at radius 2 is 2.60 bits per heavy atom. The van der Waals surface area contributed by atoms with Crippen LogP contribution >= 0.6 is 0 Å². The van der Waals surface area contributed by atoms with Gasteiger partial charge in [-0.3, -0.25) is 0 Å². The maximum Gasteiger partial charge on any atom is 0.147 e. The molecule has 4 heteroatoms. The van der Waals surface area contributed by atoms with E-state index < -0.39 is 0 Å². The van der Waals surface area contributed by atoms with Crippen molar-refractivity contribution >= 4 is 0 Å². The highest BCUT2D eigenvalue weighted by Gasteiger charge is 2.17. The standard InChI is InChI=1S/C6H10N4/c1-2-5(7-3-1)6-8-4-9-10-6/h4-5,7H,1-3H2,(H,8,9,10). The quantitative estimate of drug-likeness (QED) is 0.584. The highest BCUT2D eigenvalue weighted by Crippen LogP contribution is 2.18. The first-order valence-electron chi connectivity index (χ1n) is 3.56. The van der Waals surface area contributed by atoms with Gasteiger partial charge in [0.25, 0.3) is 0 Å². The highest BCUT2D eigenvalue weighted by atomic mass is 15.2. The normalized spacial score (nSPS) is 25.4. The lowest BCUT2D eigenvalue weighted by Crippen LogP contribution is -2.14. The van der Waals surface area contributed by atoms with Crippen molar-refractivity contribution in [3.8, 4) is 0 Å². The van der Waals surface area contributed by atoms with Gasteiger partial charge in [-0.15, -0.1) is 10.2 Å². The summed E-state index contributed by atoms with van der Waals surface area (Å²) in [5, 5.41) is 11.0. The molecule has 1 aromatic rings. The topological polar surface area (TPSA) is 53.6 Å². The summed E-state index contributed by atoms with van der Waals surface area (Å²) in [6.45, 7) is 1.10. The molecule has 1 unspecified atom stereocenters. The Bertz CT molecular complexity index is 188. The third kappa shape index (κ3) is 0.903. The van der Waals surface area contributed by atoms with Crippen LogP contribution in [-0.2, 0) is 0 Å². The molecule has 2 N–H and O–H groups in total. The van der Waals surface area contributed by atoms with Gasteiger partial charge in [0.15, 0.2) is 0 Å². The lowest BCUT2D eigenvalue weighted by molar-refractivity contribution is 0.608. The molecule has 0 bridgehead atoms. The van der Waals surface area contributed by atoms with Crippen molar-refractivity contribution in [2.24, 2.45) is 0 Å². The Hall–Kier alpha value is -0.900. The van der Waals surface area contributed by atoms with Gasteiger partial charge >= 0.3 is 0 Å². The molecule has 10 heavy (non-hydrogen) atoms. The van der Waals surface area contributed by atoms with Crippen LogP contribution in [0.15, 0.2) is 6.33 Å². The first-order valence-corrected chi connectivity index (χ1v) is 3.56. The molecule has 0 amide bonds. The molecule has 54 valence electrons. The van der Waals surface area contributed by atoms with Gasteiger partial charge in [0, 0.05) is 0 Å². The summed E-state index contributed by atoms with van der Waals surface area (Å²) in [4.78, 5) is 2.99. The fraction of sp³-hybridized carbons (Fsp3) is 0.667. The summed E-state index contributed by atoms with van der Waals surface area (Å²) in [6.07, 6.45) is 4.04. The fourth-order valence-electron chi connectivity index (χ4n) is 1.30. The Morgan fingerprint density at radius 1 is 1.60 bits per heavy atom. The number of hydrogen-bond acceptors (Lipinski definition) is 3. The van der Waals surface area contributed by atoms with Gasteiger partial charge in [-0.05, 0) is 19.4 Å². The van der Waals surface area contributed by atoms with Crippen LogP contribution in [0.3, 0.4) is 0 Å². The minimum absolute atomic E-state index is 0.419. The van der Waals surface area contributed by atoms with E-state index in [0.29, 0.717) is 6.04 Å². The molecule has 0 radical (unpaired) electrons. The molecule has 1 saturated heterocycles. The van der Waals surface area contributed by atoms with Crippen LogP contribution in [0.1, 0.15) is 24.7 Å². The summed E-state index contributed by atoms with van der Waals surface area (Å²) >= 11 is 0. The second-order valence-corrected chi connectivity index (χ2v) is 2.52. The molecule has 1 aliphatic rings. The van der Waals surface area contributed by atoms with Crippen molar-refractivity contribution in [2.75, 3.05) is 6.54 Å². The van der Waals surface area contributed by atoms with E-state index in [2.05, 4.69) is 20.5 Å². The molecule has 4 nitrogen and oxygen atoms in total. The molecule has 0 spiro atoms. The molecule has 0 saturated carbocycles. The lowest BCUT2D eigenvalue weighted by Gasteiger charge is -2.02. The molecule has 1 aliphatic heterocycles. The monoisotopic (exact) mass is 138 g/mol. The molecule has 2 rings (SSSR count). The number of aromatic nitrogens is 3. The summed E-state index contributed by atoms with van der Waals surface area (Å²) in [7, 11) is 0. The van der Waals surface area contributed by atoms with Crippen molar-refractivity contribution in [3.63, 3.8) is 0 Å². The minimum Gasteiger partial charge on any atom is -0.330 e. The molecule has 1 aromatic heterocycles. The zero-order chi connectivity index (χ0) is 6.81. The van der Waals surface area contributed by atoms with Crippen LogP contribution in [0.5, 0.6) is 0 Å². The molecular formula is C6H10N4. The largest absolute Gasteiger partial charge is 0.330 e. The van der Waals surface area contributed by atoms with Gasteiger partial charge in [0.2, 0.25) is 0 Å². The van der Waals surface area contributed by atoms with Gasteiger partial charge in [-0.2, -0.15) is 0 Å². The first-order chi connectivity index (χ1) is 4.97. The van der Waals surface area contributed by atoms with Crippen LogP contribution in [0, 0.1) is 0 Å². The molecule has 0 aliphatic carbocycles. The van der Waals surface area contributed by atoms with Gasteiger partial charge in [-0.1, -0.05) is 0 Å². The Balaban J connectivity index is 2.12. The van der Waals surface area contributed by atoms with Crippen molar-refractivity contribution < 1.29 is 0 Å². The van der Waals surface area contributed by atoms with Crippen molar-refractivity contribution in [1.29, 1.82) is 0 Å². The van der Waals surface area contributed by atoms with E-state index in [0.717, 1.165) is 12.4 Å². The Morgan fingerprint density at radius 3 is 3.20 bits per heavy atom. The smallest absolute Gasteiger partial charge is 0.147 e. The molecular weight excluding hydrogens is 128 g/mol. The summed E-state index contributed by atoms with van der Waals surface area (Å²) < 4.78 is 0. The van der Waals surface area contributed by atoms with Gasteiger partial charge in [-0.25, -0.2) is 0 Å². The third-order valence-electron chi connectivity index (χ3n) is 1.83. The van der Waals surface area contributed by atoms with Gasteiger partial charge in [0.1, 0.15) is 12.2 Å². The number of rotatable bonds is 1. The molecule has 1 atom stereocenters. The number of hydrogen-bond donors (Lipinski definition) is 2. The molecule has 1 fully saturated rings. The summed E-state index contributed by atoms with van der Waals surface area (Å²) in [5.41, 5.74) is 0. The SMILES string of the molecule is c1nnc(C2CCCN2)[nH]1. The minimum atomic E-state index is 0.419. The van der Waals surface area contributed by atoms with Crippen molar-refractivity contribution in [3.05, 3.63) is 12.2 Å². The average molecular weight is 138 g/mol. The summed E-state index contributed by atoms with van der Waals surface area (Å²) in [6, 6.07) is 0.419. The van der Waals surface area contributed by atoms with Crippen LogP contribution in [-0.4, -0.2) is 21.7 Å². The van der Waals surface area contributed by atoms with Crippen molar-refractivity contribution in [2.45, 2.75) is 18.9 Å². The Kier molecular flexibility index (Phi) is 1.39. The zero-order valence-electron chi connectivity index (χ0n) is 5.67. The molecule has 2 heterocycles. The van der Waals surface area contributed by atoms with Crippen LogP contribution in [0.2, 0.25) is 0 Å². The van der Waals surface area contributed by atoms with Gasteiger partial charge in [0.05, 0.1) is 6.04 Å². The van der Waals surface area contributed by atoms with Gasteiger partial charge < -0.3 is 10.3 Å².